The Labute approximate surface area is 105 Å². The molecular formula is C13H25N3O. The molecule has 4 heteroatoms. The van der Waals surface area contributed by atoms with E-state index in [4.69, 9.17) is 5.73 Å². The SMILES string of the molecule is C=C(C)N=CC(=C)N(C)C(=O)C(N)CC.CC. The van der Waals surface area contributed by atoms with Crippen molar-refractivity contribution in [2.45, 2.75) is 40.2 Å². The second-order valence-electron chi connectivity index (χ2n) is 3.40. The van der Waals surface area contributed by atoms with Crippen molar-refractivity contribution in [3.05, 3.63) is 24.6 Å². The zero-order valence-corrected chi connectivity index (χ0v) is 11.7. The number of carbonyl (C=O) groups is 1. The Morgan fingerprint density at radius 3 is 2.29 bits per heavy atom. The Kier molecular flexibility index (Phi) is 10.3. The van der Waals surface area contributed by atoms with Crippen LogP contribution in [0.15, 0.2) is 29.5 Å². The normalized spacial score (nSPS) is 11.4. The number of aliphatic imine (C=N–C) groups is 1. The fourth-order valence-corrected chi connectivity index (χ4v) is 0.836. The molecule has 0 rings (SSSR count). The van der Waals surface area contributed by atoms with Crippen LogP contribution < -0.4 is 5.73 Å². The van der Waals surface area contributed by atoms with E-state index in [1.54, 1.807) is 14.0 Å². The lowest BCUT2D eigenvalue weighted by Crippen LogP contribution is -2.40. The summed E-state index contributed by atoms with van der Waals surface area (Å²) in [5.74, 6) is -0.157. The highest BCUT2D eigenvalue weighted by molar-refractivity contribution is 5.90. The zero-order valence-electron chi connectivity index (χ0n) is 11.7. The van der Waals surface area contributed by atoms with E-state index in [2.05, 4.69) is 18.2 Å². The van der Waals surface area contributed by atoms with E-state index in [1.165, 1.54) is 11.1 Å². The lowest BCUT2D eigenvalue weighted by Gasteiger charge is -2.20. The molecule has 0 heterocycles. The van der Waals surface area contributed by atoms with Gasteiger partial charge >= 0.3 is 0 Å². The minimum absolute atomic E-state index is 0.157. The van der Waals surface area contributed by atoms with Crippen LogP contribution in [-0.4, -0.2) is 30.1 Å². The molecule has 0 bridgehead atoms. The molecule has 1 atom stereocenters. The van der Waals surface area contributed by atoms with Gasteiger partial charge in [0.1, 0.15) is 0 Å². The van der Waals surface area contributed by atoms with Crippen LogP contribution in [0.5, 0.6) is 0 Å². The average molecular weight is 239 g/mol. The summed E-state index contributed by atoms with van der Waals surface area (Å²) in [5.41, 5.74) is 6.79. The molecule has 0 aliphatic rings. The molecule has 0 spiro atoms. The largest absolute Gasteiger partial charge is 0.320 e. The third-order valence-electron chi connectivity index (χ3n) is 1.95. The zero-order chi connectivity index (χ0) is 14.0. The summed E-state index contributed by atoms with van der Waals surface area (Å²) >= 11 is 0. The molecule has 4 nitrogen and oxygen atoms in total. The Balaban J connectivity index is 0. The maximum atomic E-state index is 11.6. The van der Waals surface area contributed by atoms with Crippen molar-refractivity contribution in [2.75, 3.05) is 7.05 Å². The molecule has 0 fully saturated rings. The van der Waals surface area contributed by atoms with Gasteiger partial charge in [-0.3, -0.25) is 9.79 Å². The van der Waals surface area contributed by atoms with Gasteiger partial charge < -0.3 is 10.6 Å². The fraction of sp³-hybridized carbons (Fsp3) is 0.538. The van der Waals surface area contributed by atoms with Crippen LogP contribution in [0.4, 0.5) is 0 Å². The van der Waals surface area contributed by atoms with Crippen molar-refractivity contribution in [3.63, 3.8) is 0 Å². The molecule has 17 heavy (non-hydrogen) atoms. The molecule has 0 aliphatic carbocycles. The first-order valence-corrected chi connectivity index (χ1v) is 5.81. The molecule has 0 saturated carbocycles. The summed E-state index contributed by atoms with van der Waals surface area (Å²) < 4.78 is 0. The molecule has 0 saturated heterocycles. The van der Waals surface area contributed by atoms with E-state index in [1.807, 2.05) is 20.8 Å². The summed E-state index contributed by atoms with van der Waals surface area (Å²) in [7, 11) is 1.63. The summed E-state index contributed by atoms with van der Waals surface area (Å²) in [4.78, 5) is 17.0. The highest BCUT2D eigenvalue weighted by Gasteiger charge is 2.17. The number of hydrogen-bond donors (Lipinski definition) is 1. The van der Waals surface area contributed by atoms with Gasteiger partial charge in [0, 0.05) is 12.7 Å². The standard InChI is InChI=1S/C11H19N3O.C2H6/c1-6-10(12)11(15)14(5)9(4)7-13-8(2)3;1-2/h7,10H,2,4,6,12H2,1,3,5H3;1-2H3. The lowest BCUT2D eigenvalue weighted by molar-refractivity contribution is -0.129. The minimum atomic E-state index is -0.482. The fourth-order valence-electron chi connectivity index (χ4n) is 0.836. The van der Waals surface area contributed by atoms with Crippen LogP contribution in [0.25, 0.3) is 0 Å². The van der Waals surface area contributed by atoms with E-state index in [9.17, 15) is 4.79 Å². The molecule has 1 unspecified atom stereocenters. The molecule has 0 aromatic heterocycles. The van der Waals surface area contributed by atoms with Gasteiger partial charge in [-0.25, -0.2) is 0 Å². The number of amides is 1. The second kappa shape index (κ2) is 9.78. The van der Waals surface area contributed by atoms with E-state index >= 15 is 0 Å². The Hall–Kier alpha value is -1.42. The van der Waals surface area contributed by atoms with Crippen molar-refractivity contribution in [1.29, 1.82) is 0 Å². The second-order valence-corrected chi connectivity index (χ2v) is 3.40. The maximum absolute atomic E-state index is 11.6. The third-order valence-corrected chi connectivity index (χ3v) is 1.95. The van der Waals surface area contributed by atoms with Gasteiger partial charge in [0.2, 0.25) is 5.91 Å². The van der Waals surface area contributed by atoms with Crippen molar-refractivity contribution in [1.82, 2.24) is 4.90 Å². The Morgan fingerprint density at radius 2 is 1.94 bits per heavy atom. The Morgan fingerprint density at radius 1 is 1.47 bits per heavy atom. The molecule has 98 valence electrons. The first-order chi connectivity index (χ1) is 7.90. The highest BCUT2D eigenvalue weighted by Crippen LogP contribution is 2.01. The summed E-state index contributed by atoms with van der Waals surface area (Å²) in [6.07, 6.45) is 2.11. The highest BCUT2D eigenvalue weighted by atomic mass is 16.2. The number of likely N-dealkylation sites (N-methyl/N-ethyl adjacent to an activating group) is 1. The number of allylic oxidation sites excluding steroid dienone is 2. The van der Waals surface area contributed by atoms with Crippen LogP contribution in [0.2, 0.25) is 0 Å². The smallest absolute Gasteiger partial charge is 0.243 e. The average Bonchev–Trinajstić information content (AvgIpc) is 2.35. The van der Waals surface area contributed by atoms with Crippen molar-refractivity contribution in [2.24, 2.45) is 10.7 Å². The molecule has 1 amide bonds. The van der Waals surface area contributed by atoms with Gasteiger partial charge in [-0.15, -0.1) is 0 Å². The van der Waals surface area contributed by atoms with E-state index in [0.29, 0.717) is 17.8 Å². The first-order valence-electron chi connectivity index (χ1n) is 5.81. The predicted octanol–water partition coefficient (Wildman–Crippen LogP) is 2.33. The van der Waals surface area contributed by atoms with Crippen LogP contribution in [0.1, 0.15) is 34.1 Å². The van der Waals surface area contributed by atoms with E-state index in [-0.39, 0.29) is 5.91 Å². The van der Waals surface area contributed by atoms with Gasteiger partial charge in [0.05, 0.1) is 18.0 Å². The molecule has 2 N–H and O–H groups in total. The van der Waals surface area contributed by atoms with Crippen LogP contribution in [0.3, 0.4) is 0 Å². The van der Waals surface area contributed by atoms with Crippen molar-refractivity contribution >= 4 is 12.1 Å². The molecule has 0 radical (unpaired) electrons. The number of hydrogen-bond acceptors (Lipinski definition) is 3. The molecule has 0 aromatic carbocycles. The number of carbonyl (C=O) groups excluding carboxylic acids is 1. The predicted molar refractivity (Wildman–Crippen MR) is 74.8 cm³/mol. The van der Waals surface area contributed by atoms with Crippen LogP contribution in [0, 0.1) is 0 Å². The van der Waals surface area contributed by atoms with E-state index < -0.39 is 6.04 Å². The summed E-state index contributed by atoms with van der Waals surface area (Å²) in [6.45, 7) is 15.0. The van der Waals surface area contributed by atoms with E-state index in [0.717, 1.165) is 0 Å². The number of nitrogens with zero attached hydrogens (tertiary/aromatic N) is 2. The van der Waals surface area contributed by atoms with Gasteiger partial charge in [0.15, 0.2) is 0 Å². The van der Waals surface area contributed by atoms with Crippen molar-refractivity contribution < 1.29 is 4.79 Å². The molecule has 0 aliphatic heterocycles. The number of nitrogens with two attached hydrogens (primary N) is 1. The lowest BCUT2D eigenvalue weighted by atomic mass is 10.2. The molecule has 0 aromatic rings. The first kappa shape index (κ1) is 18.0. The number of rotatable bonds is 5. The van der Waals surface area contributed by atoms with Crippen molar-refractivity contribution in [3.8, 4) is 0 Å². The van der Waals surface area contributed by atoms with Crippen LogP contribution in [-0.2, 0) is 4.79 Å². The quantitative estimate of drug-likeness (QED) is 0.748. The van der Waals surface area contributed by atoms with Gasteiger partial charge in [-0.2, -0.15) is 0 Å². The van der Waals surface area contributed by atoms with Gasteiger partial charge in [-0.1, -0.05) is 33.9 Å². The monoisotopic (exact) mass is 239 g/mol. The topological polar surface area (TPSA) is 58.7 Å². The van der Waals surface area contributed by atoms with Crippen LogP contribution >= 0.6 is 0 Å². The minimum Gasteiger partial charge on any atom is -0.320 e. The maximum Gasteiger partial charge on any atom is 0.243 e. The molecular weight excluding hydrogens is 214 g/mol. The van der Waals surface area contributed by atoms with Gasteiger partial charge in [0.25, 0.3) is 0 Å². The summed E-state index contributed by atoms with van der Waals surface area (Å²) in [5, 5.41) is 0. The van der Waals surface area contributed by atoms with Gasteiger partial charge in [-0.05, 0) is 13.3 Å². The summed E-state index contributed by atoms with van der Waals surface area (Å²) in [6, 6.07) is -0.482. The third kappa shape index (κ3) is 7.47. The Bertz CT molecular complexity index is 295.